The van der Waals surface area contributed by atoms with Crippen molar-refractivity contribution in [2.24, 2.45) is 0 Å². The fourth-order valence-corrected chi connectivity index (χ4v) is 4.43. The molecule has 0 fully saturated rings. The Morgan fingerprint density at radius 1 is 1.46 bits per heavy atom. The third-order valence-electron chi connectivity index (χ3n) is 4.08. The second-order valence-corrected chi connectivity index (χ2v) is 7.61. The van der Waals surface area contributed by atoms with Crippen LogP contribution in [0, 0.1) is 0 Å². The van der Waals surface area contributed by atoms with Gasteiger partial charge in [0, 0.05) is 43.0 Å². The Balaban J connectivity index is 1.49. The normalized spacial score (nSPS) is 13.5. The molecule has 0 spiro atoms. The quantitative estimate of drug-likeness (QED) is 0.670. The molecular weight excluding hydrogens is 338 g/mol. The van der Waals surface area contributed by atoms with Gasteiger partial charge in [0.1, 0.15) is 5.00 Å². The van der Waals surface area contributed by atoms with Gasteiger partial charge in [-0.25, -0.2) is 0 Å². The summed E-state index contributed by atoms with van der Waals surface area (Å²) >= 11 is 3.42. The molecule has 7 heteroatoms. The molecule has 0 radical (unpaired) electrons. The van der Waals surface area contributed by atoms with E-state index in [0.717, 1.165) is 45.0 Å². The van der Waals surface area contributed by atoms with E-state index in [0.29, 0.717) is 0 Å². The Labute approximate surface area is 152 Å². The molecule has 1 aliphatic rings. The maximum Gasteiger partial charge on any atom is 0.153 e. The molecule has 24 heavy (non-hydrogen) atoms. The van der Waals surface area contributed by atoms with Gasteiger partial charge >= 0.3 is 0 Å². The van der Waals surface area contributed by atoms with Gasteiger partial charge in [-0.15, -0.1) is 11.3 Å². The molecule has 0 aliphatic carbocycles. The van der Waals surface area contributed by atoms with Crippen LogP contribution < -0.4 is 20.4 Å². The molecule has 3 heterocycles. The van der Waals surface area contributed by atoms with E-state index in [4.69, 9.17) is 0 Å². The molecule has 5 nitrogen and oxygen atoms in total. The van der Waals surface area contributed by atoms with Gasteiger partial charge < -0.3 is 20.4 Å². The average molecular weight is 364 g/mol. The fraction of sp³-hybridized carbons (Fsp3) is 0.471. The lowest BCUT2D eigenvalue weighted by molar-refractivity contribution is 0.651. The molecule has 1 aliphatic heterocycles. The maximum atomic E-state index is 4.69. The SMILES string of the molecule is CCc1c(N2C=CNC2)nsc1N(C)CCCNCc1cccs1. The first-order valence-electron chi connectivity index (χ1n) is 8.39. The van der Waals surface area contributed by atoms with E-state index in [1.54, 1.807) is 11.5 Å². The third kappa shape index (κ3) is 4.09. The topological polar surface area (TPSA) is 43.4 Å². The Hall–Kier alpha value is -1.57. The van der Waals surface area contributed by atoms with E-state index in [1.165, 1.54) is 15.4 Å². The van der Waals surface area contributed by atoms with Crippen LogP contribution in [0.2, 0.25) is 0 Å². The second kappa shape index (κ2) is 8.50. The summed E-state index contributed by atoms with van der Waals surface area (Å²) in [7, 11) is 2.17. The minimum absolute atomic E-state index is 0.812. The van der Waals surface area contributed by atoms with Crippen molar-refractivity contribution in [1.82, 2.24) is 15.0 Å². The molecule has 0 aromatic carbocycles. The summed E-state index contributed by atoms with van der Waals surface area (Å²) < 4.78 is 4.69. The summed E-state index contributed by atoms with van der Waals surface area (Å²) in [5.74, 6) is 1.10. The maximum absolute atomic E-state index is 4.69. The van der Waals surface area contributed by atoms with Gasteiger partial charge in [0.2, 0.25) is 0 Å². The standard InChI is InChI=1S/C17H25N5S2/c1-3-15-16(22-10-8-19-13-22)20-24-17(15)21(2)9-5-7-18-12-14-6-4-11-23-14/h4,6,8,10-11,18-19H,3,5,7,9,12-13H2,1-2H3. The first kappa shape index (κ1) is 17.3. The van der Waals surface area contributed by atoms with Crippen LogP contribution in [0.1, 0.15) is 23.8 Å². The zero-order chi connectivity index (χ0) is 16.8. The van der Waals surface area contributed by atoms with Gasteiger partial charge in [0.15, 0.2) is 5.82 Å². The van der Waals surface area contributed by atoms with Gasteiger partial charge in [-0.2, -0.15) is 4.37 Å². The molecular formula is C17H25N5S2. The van der Waals surface area contributed by atoms with Crippen LogP contribution in [0.5, 0.6) is 0 Å². The van der Waals surface area contributed by atoms with E-state index in [9.17, 15) is 0 Å². The summed E-state index contributed by atoms with van der Waals surface area (Å²) in [6, 6.07) is 4.28. The molecule has 0 atom stereocenters. The molecule has 0 bridgehead atoms. The van der Waals surface area contributed by atoms with Gasteiger partial charge in [-0.3, -0.25) is 0 Å². The number of nitrogens with one attached hydrogen (secondary N) is 2. The van der Waals surface area contributed by atoms with Crippen molar-refractivity contribution in [2.75, 3.05) is 36.6 Å². The van der Waals surface area contributed by atoms with E-state index < -0.39 is 0 Å². The highest BCUT2D eigenvalue weighted by Crippen LogP contribution is 2.34. The van der Waals surface area contributed by atoms with E-state index in [2.05, 4.69) is 62.5 Å². The van der Waals surface area contributed by atoms with Crippen LogP contribution in [0.4, 0.5) is 10.8 Å². The summed E-state index contributed by atoms with van der Waals surface area (Å²) in [4.78, 5) is 5.92. The smallest absolute Gasteiger partial charge is 0.153 e. The summed E-state index contributed by atoms with van der Waals surface area (Å²) in [6.07, 6.45) is 6.17. The molecule has 2 aromatic rings. The van der Waals surface area contributed by atoms with Crippen molar-refractivity contribution in [3.63, 3.8) is 0 Å². The predicted octanol–water partition coefficient (Wildman–Crippen LogP) is 3.22. The number of aromatic nitrogens is 1. The number of hydrogen-bond acceptors (Lipinski definition) is 7. The lowest BCUT2D eigenvalue weighted by Gasteiger charge is -2.20. The van der Waals surface area contributed by atoms with E-state index in [-0.39, 0.29) is 0 Å². The Morgan fingerprint density at radius 2 is 2.38 bits per heavy atom. The minimum Gasteiger partial charge on any atom is -0.372 e. The molecule has 2 N–H and O–H groups in total. The molecule has 3 rings (SSSR count). The fourth-order valence-electron chi connectivity index (χ4n) is 2.79. The first-order valence-corrected chi connectivity index (χ1v) is 10.0. The number of thiophene rings is 1. The molecule has 130 valence electrons. The van der Waals surface area contributed by atoms with Crippen molar-refractivity contribution in [2.45, 2.75) is 26.3 Å². The Kier molecular flexibility index (Phi) is 6.12. The number of hydrogen-bond donors (Lipinski definition) is 2. The van der Waals surface area contributed by atoms with Gasteiger partial charge in [0.05, 0.1) is 6.67 Å². The van der Waals surface area contributed by atoms with E-state index in [1.807, 2.05) is 17.5 Å². The second-order valence-electron chi connectivity index (χ2n) is 5.82. The lowest BCUT2D eigenvalue weighted by Crippen LogP contribution is -2.24. The van der Waals surface area contributed by atoms with Gasteiger partial charge in [-0.05, 0) is 42.4 Å². The van der Waals surface area contributed by atoms with E-state index >= 15 is 0 Å². The van der Waals surface area contributed by atoms with Crippen LogP contribution in [0.25, 0.3) is 0 Å². The Morgan fingerprint density at radius 3 is 3.08 bits per heavy atom. The van der Waals surface area contributed by atoms with Crippen LogP contribution in [-0.2, 0) is 13.0 Å². The number of anilines is 2. The van der Waals surface area contributed by atoms with Gasteiger partial charge in [-0.1, -0.05) is 13.0 Å². The van der Waals surface area contributed by atoms with Crippen molar-refractivity contribution < 1.29 is 0 Å². The average Bonchev–Trinajstić information content (AvgIpc) is 3.33. The monoisotopic (exact) mass is 363 g/mol. The summed E-state index contributed by atoms with van der Waals surface area (Å²) in [5.41, 5.74) is 1.35. The van der Waals surface area contributed by atoms with Crippen LogP contribution in [0.3, 0.4) is 0 Å². The van der Waals surface area contributed by atoms with Crippen LogP contribution in [0.15, 0.2) is 29.9 Å². The third-order valence-corrected chi connectivity index (χ3v) is 5.95. The van der Waals surface area contributed by atoms with Crippen molar-refractivity contribution >= 4 is 33.7 Å². The first-order chi connectivity index (χ1) is 11.8. The molecule has 0 saturated heterocycles. The summed E-state index contributed by atoms with van der Waals surface area (Å²) in [6.45, 7) is 6.07. The Bertz CT molecular complexity index is 650. The summed E-state index contributed by atoms with van der Waals surface area (Å²) in [5, 5.41) is 10.2. The number of rotatable bonds is 9. The highest BCUT2D eigenvalue weighted by molar-refractivity contribution is 7.10. The highest BCUT2D eigenvalue weighted by atomic mass is 32.1. The molecule has 0 saturated carbocycles. The van der Waals surface area contributed by atoms with Crippen LogP contribution in [-0.4, -0.2) is 31.2 Å². The van der Waals surface area contributed by atoms with Crippen molar-refractivity contribution in [1.29, 1.82) is 0 Å². The number of nitrogens with zero attached hydrogens (tertiary/aromatic N) is 3. The van der Waals surface area contributed by atoms with Crippen LogP contribution >= 0.6 is 22.9 Å². The molecule has 0 unspecified atom stereocenters. The molecule has 2 aromatic heterocycles. The molecule has 0 amide bonds. The zero-order valence-corrected chi connectivity index (χ0v) is 15.9. The highest BCUT2D eigenvalue weighted by Gasteiger charge is 2.20. The van der Waals surface area contributed by atoms with Gasteiger partial charge in [0.25, 0.3) is 0 Å². The zero-order valence-electron chi connectivity index (χ0n) is 14.3. The predicted molar refractivity (Wildman–Crippen MR) is 105 cm³/mol. The lowest BCUT2D eigenvalue weighted by atomic mass is 10.2. The van der Waals surface area contributed by atoms with Crippen molar-refractivity contribution in [3.05, 3.63) is 40.4 Å². The van der Waals surface area contributed by atoms with Crippen molar-refractivity contribution in [3.8, 4) is 0 Å². The minimum atomic E-state index is 0.812. The largest absolute Gasteiger partial charge is 0.372 e.